The Kier molecular flexibility index (Phi) is 8.18. The highest BCUT2D eigenvalue weighted by atomic mass is 32.1. The van der Waals surface area contributed by atoms with Crippen molar-refractivity contribution in [1.29, 1.82) is 0 Å². The van der Waals surface area contributed by atoms with E-state index in [1.165, 1.54) is 6.07 Å². The zero-order valence-corrected chi connectivity index (χ0v) is 24.5. The number of anilines is 1. The molecule has 4 aromatic carbocycles. The Labute approximate surface area is 256 Å². The van der Waals surface area contributed by atoms with Gasteiger partial charge in [0.25, 0.3) is 5.88 Å². The van der Waals surface area contributed by atoms with Crippen LogP contribution in [0.5, 0.6) is 17.4 Å². The van der Waals surface area contributed by atoms with Crippen LogP contribution in [0, 0.1) is 0 Å². The number of phenols is 2. The fourth-order valence-electron chi connectivity index (χ4n) is 5.39. The third-order valence-electron chi connectivity index (χ3n) is 7.57. The van der Waals surface area contributed by atoms with Gasteiger partial charge in [0.1, 0.15) is 35.3 Å². The van der Waals surface area contributed by atoms with Crippen LogP contribution in [0.15, 0.2) is 60.7 Å². The van der Waals surface area contributed by atoms with Gasteiger partial charge in [0.15, 0.2) is 0 Å². The Bertz CT molecular complexity index is 1870. The zero-order valence-electron chi connectivity index (χ0n) is 23.7. The summed E-state index contributed by atoms with van der Waals surface area (Å²) in [5, 5.41) is 34.8. The Morgan fingerprint density at radius 2 is 1.52 bits per heavy atom. The number of rotatable bonds is 9. The number of esters is 1. The number of fused-ring (bicyclic) bond motifs is 2. The third-order valence-corrected chi connectivity index (χ3v) is 8.08. The maximum absolute atomic E-state index is 13.4. The Hall–Kier alpha value is -4.94. The number of aromatic hydroxyl groups is 2. The summed E-state index contributed by atoms with van der Waals surface area (Å²) in [6.07, 6.45) is -0.739. The number of aromatic carboxylic acids is 1. The molecule has 1 atom stereocenters. The molecule has 11 nitrogen and oxygen atoms in total. The van der Waals surface area contributed by atoms with Crippen LogP contribution in [-0.4, -0.2) is 75.0 Å². The molecule has 3 N–H and O–H groups in total. The summed E-state index contributed by atoms with van der Waals surface area (Å²) in [7, 11) is 0. The van der Waals surface area contributed by atoms with E-state index < -0.39 is 23.8 Å². The van der Waals surface area contributed by atoms with E-state index in [4.69, 9.17) is 14.2 Å². The maximum Gasteiger partial charge on any atom is 0.342 e. The molecule has 1 aliphatic heterocycles. The average Bonchev–Trinajstić information content (AvgIpc) is 3.51. The molecule has 1 saturated heterocycles. The highest BCUT2D eigenvalue weighted by molar-refractivity contribution is 6.99. The summed E-state index contributed by atoms with van der Waals surface area (Å²) >= 11 is 1.03. The van der Waals surface area contributed by atoms with Gasteiger partial charge in [-0.15, -0.1) is 4.37 Å². The summed E-state index contributed by atoms with van der Waals surface area (Å²) in [5.41, 5.74) is 0.360. The molecule has 6 rings (SSSR count). The van der Waals surface area contributed by atoms with Crippen molar-refractivity contribution in [1.82, 2.24) is 8.75 Å². The van der Waals surface area contributed by atoms with Crippen molar-refractivity contribution in [2.24, 2.45) is 0 Å². The van der Waals surface area contributed by atoms with E-state index in [1.54, 1.807) is 61.5 Å². The van der Waals surface area contributed by atoms with E-state index in [-0.39, 0.29) is 29.9 Å². The number of morpholine rings is 1. The Morgan fingerprint density at radius 1 is 0.932 bits per heavy atom. The number of nitrogens with zero attached hydrogens (tertiary/aromatic N) is 3. The second-order valence-corrected chi connectivity index (χ2v) is 11.0. The summed E-state index contributed by atoms with van der Waals surface area (Å²) in [5.74, 6) is -1.77. The molecule has 44 heavy (non-hydrogen) atoms. The molecule has 226 valence electrons. The van der Waals surface area contributed by atoms with Gasteiger partial charge in [-0.2, -0.15) is 4.37 Å². The van der Waals surface area contributed by atoms with E-state index in [2.05, 4.69) is 8.75 Å². The van der Waals surface area contributed by atoms with Gasteiger partial charge < -0.3 is 34.4 Å². The molecule has 1 fully saturated rings. The Morgan fingerprint density at radius 3 is 2.16 bits per heavy atom. The summed E-state index contributed by atoms with van der Waals surface area (Å²) in [6, 6.07) is 17.3. The van der Waals surface area contributed by atoms with Gasteiger partial charge in [0.2, 0.25) is 5.82 Å². The molecule has 0 amide bonds. The SMILES string of the molecule is CC(COc1nsnc1N1CCOCC1)OC(=O)c1cc2ccccc2c(Cc2c(O)c(C(=O)O)cc3ccccc23)c1O. The van der Waals surface area contributed by atoms with Crippen LogP contribution < -0.4 is 9.64 Å². The van der Waals surface area contributed by atoms with Crippen molar-refractivity contribution >= 4 is 51.0 Å². The lowest BCUT2D eigenvalue weighted by molar-refractivity contribution is 0.0221. The van der Waals surface area contributed by atoms with E-state index in [1.807, 2.05) is 4.90 Å². The number of carbonyl (C=O) groups excluding carboxylic acids is 1. The zero-order chi connectivity index (χ0) is 30.8. The minimum atomic E-state index is -1.28. The summed E-state index contributed by atoms with van der Waals surface area (Å²) < 4.78 is 25.5. The lowest BCUT2D eigenvalue weighted by Crippen LogP contribution is -2.36. The molecule has 0 saturated carbocycles. The van der Waals surface area contributed by atoms with E-state index in [0.717, 1.165) is 11.7 Å². The molecule has 2 heterocycles. The molecule has 1 aliphatic rings. The Balaban J connectivity index is 1.28. The molecule has 5 aromatic rings. The van der Waals surface area contributed by atoms with Crippen LogP contribution in [0.4, 0.5) is 5.82 Å². The van der Waals surface area contributed by atoms with Crippen molar-refractivity contribution in [2.45, 2.75) is 19.4 Å². The van der Waals surface area contributed by atoms with Crippen LogP contribution in [0.2, 0.25) is 0 Å². The highest BCUT2D eigenvalue weighted by Gasteiger charge is 2.25. The number of hydrogen-bond acceptors (Lipinski definition) is 11. The summed E-state index contributed by atoms with van der Waals surface area (Å²) in [4.78, 5) is 27.4. The molecule has 0 spiro atoms. The third kappa shape index (κ3) is 5.69. The number of carbonyl (C=O) groups is 2. The second-order valence-electron chi connectivity index (χ2n) is 10.4. The average molecular weight is 616 g/mol. The molecule has 12 heteroatoms. The quantitative estimate of drug-likeness (QED) is 0.192. The van der Waals surface area contributed by atoms with Gasteiger partial charge in [0, 0.05) is 30.6 Å². The monoisotopic (exact) mass is 615 g/mol. The minimum Gasteiger partial charge on any atom is -0.507 e. The van der Waals surface area contributed by atoms with Crippen molar-refractivity contribution in [3.63, 3.8) is 0 Å². The van der Waals surface area contributed by atoms with Gasteiger partial charge >= 0.3 is 11.9 Å². The molecular weight excluding hydrogens is 586 g/mol. The molecule has 1 aromatic heterocycles. The van der Waals surface area contributed by atoms with Crippen molar-refractivity contribution in [3.8, 4) is 17.4 Å². The molecule has 0 radical (unpaired) electrons. The number of hydrogen-bond donors (Lipinski definition) is 3. The number of phenolic OH excluding ortho intramolecular Hbond substituents is 1. The lowest BCUT2D eigenvalue weighted by atomic mass is 9.90. The molecule has 0 bridgehead atoms. The topological polar surface area (TPSA) is 152 Å². The molecule has 0 aliphatic carbocycles. The van der Waals surface area contributed by atoms with Crippen LogP contribution in [-0.2, 0) is 15.9 Å². The van der Waals surface area contributed by atoms with Crippen molar-refractivity contribution in [2.75, 3.05) is 37.8 Å². The van der Waals surface area contributed by atoms with Crippen molar-refractivity contribution in [3.05, 3.63) is 82.9 Å². The predicted octanol–water partition coefficient (Wildman–Crippen LogP) is 5.01. The van der Waals surface area contributed by atoms with Crippen LogP contribution in [0.1, 0.15) is 38.8 Å². The fourth-order valence-corrected chi connectivity index (χ4v) is 5.91. The largest absolute Gasteiger partial charge is 0.507 e. The van der Waals surface area contributed by atoms with Gasteiger partial charge in [-0.05, 0) is 40.6 Å². The van der Waals surface area contributed by atoms with Crippen LogP contribution in [0.3, 0.4) is 0 Å². The maximum atomic E-state index is 13.4. The number of carboxylic acids is 1. The normalized spacial score (nSPS) is 14.1. The number of carboxylic acid groups (broad SMARTS) is 1. The van der Waals surface area contributed by atoms with Crippen LogP contribution >= 0.6 is 11.7 Å². The van der Waals surface area contributed by atoms with Gasteiger partial charge in [-0.1, -0.05) is 48.5 Å². The van der Waals surface area contributed by atoms with E-state index in [9.17, 15) is 24.9 Å². The first kappa shape index (κ1) is 29.1. The van der Waals surface area contributed by atoms with Crippen LogP contribution in [0.25, 0.3) is 21.5 Å². The fraction of sp³-hybridized carbons (Fsp3) is 0.250. The van der Waals surface area contributed by atoms with Crippen molar-refractivity contribution < 1.29 is 39.1 Å². The van der Waals surface area contributed by atoms with E-state index in [0.29, 0.717) is 70.7 Å². The number of ether oxygens (including phenoxy) is 3. The van der Waals surface area contributed by atoms with Gasteiger partial charge in [-0.3, -0.25) is 0 Å². The minimum absolute atomic E-state index is 0.0114. The first-order chi connectivity index (χ1) is 21.3. The van der Waals surface area contributed by atoms with E-state index >= 15 is 0 Å². The molecular formula is C32H29N3O8S. The summed E-state index contributed by atoms with van der Waals surface area (Å²) in [6.45, 7) is 4.20. The first-order valence-electron chi connectivity index (χ1n) is 14.0. The second kappa shape index (κ2) is 12.3. The standard InChI is InChI=1S/C32H29N3O8S/c1-18(17-42-30-29(33-44-34-30)35-10-12-41-13-11-35)43-32(40)26-15-20-7-3-5-9-22(20)24(28(26)37)16-23-21-8-4-2-6-19(21)14-25(27(23)36)31(38)39/h2-9,14-15,18,36-37H,10-13,16-17H2,1H3,(H,38,39). The predicted molar refractivity (Wildman–Crippen MR) is 164 cm³/mol. The van der Waals surface area contributed by atoms with Gasteiger partial charge in [-0.25, -0.2) is 9.59 Å². The lowest BCUT2D eigenvalue weighted by Gasteiger charge is -2.26. The number of benzene rings is 4. The number of aromatic nitrogens is 2. The highest BCUT2D eigenvalue weighted by Crippen LogP contribution is 2.39. The first-order valence-corrected chi connectivity index (χ1v) is 14.7. The smallest absolute Gasteiger partial charge is 0.342 e. The van der Waals surface area contributed by atoms with Gasteiger partial charge in [0.05, 0.1) is 24.9 Å². The molecule has 1 unspecified atom stereocenters.